The molecule has 0 radical (unpaired) electrons. The van der Waals surface area contributed by atoms with Crippen molar-refractivity contribution in [2.75, 3.05) is 13.1 Å². The van der Waals surface area contributed by atoms with Gasteiger partial charge in [0, 0.05) is 13.1 Å². The van der Waals surface area contributed by atoms with Gasteiger partial charge in [0.25, 0.3) is 0 Å². The van der Waals surface area contributed by atoms with Crippen molar-refractivity contribution >= 4 is 29.9 Å². The molecule has 3 nitrogen and oxygen atoms in total. The number of nitrogens with one attached hydrogen (secondary N) is 1. The SMILES string of the molecule is CC(C)CNC(N)=NCC1(C2CC2)CC1.I. The maximum absolute atomic E-state index is 5.82. The lowest BCUT2D eigenvalue weighted by molar-refractivity contribution is 0.453. The molecule has 94 valence electrons. The zero-order valence-electron chi connectivity index (χ0n) is 10.3. The highest BCUT2D eigenvalue weighted by Gasteiger charge is 2.53. The summed E-state index contributed by atoms with van der Waals surface area (Å²) in [5.74, 6) is 2.23. The second-order valence-corrected chi connectivity index (χ2v) is 5.61. The molecule has 0 saturated heterocycles. The van der Waals surface area contributed by atoms with E-state index in [4.69, 9.17) is 5.73 Å². The van der Waals surface area contributed by atoms with E-state index in [2.05, 4.69) is 24.2 Å². The fourth-order valence-electron chi connectivity index (χ4n) is 2.16. The number of hydrogen-bond donors (Lipinski definition) is 2. The van der Waals surface area contributed by atoms with Gasteiger partial charge in [-0.3, -0.25) is 4.99 Å². The molecule has 2 aliphatic rings. The topological polar surface area (TPSA) is 50.4 Å². The van der Waals surface area contributed by atoms with Gasteiger partial charge >= 0.3 is 0 Å². The van der Waals surface area contributed by atoms with Gasteiger partial charge in [0.05, 0.1) is 0 Å². The van der Waals surface area contributed by atoms with Crippen LogP contribution in [0.15, 0.2) is 4.99 Å². The Kier molecular flexibility index (Phi) is 4.88. The Morgan fingerprint density at radius 3 is 2.50 bits per heavy atom. The Balaban J connectivity index is 0.00000128. The van der Waals surface area contributed by atoms with Crippen LogP contribution in [0.5, 0.6) is 0 Å². The first-order chi connectivity index (χ1) is 7.12. The van der Waals surface area contributed by atoms with E-state index in [9.17, 15) is 0 Å². The van der Waals surface area contributed by atoms with Crippen molar-refractivity contribution in [1.82, 2.24) is 5.32 Å². The molecule has 0 aromatic carbocycles. The van der Waals surface area contributed by atoms with Crippen LogP contribution in [0, 0.1) is 17.3 Å². The number of nitrogens with zero attached hydrogens (tertiary/aromatic N) is 1. The molecule has 0 unspecified atom stereocenters. The van der Waals surface area contributed by atoms with Crippen LogP contribution in [-0.4, -0.2) is 19.0 Å². The van der Waals surface area contributed by atoms with Gasteiger partial charge in [-0.2, -0.15) is 0 Å². The van der Waals surface area contributed by atoms with Gasteiger partial charge in [-0.1, -0.05) is 13.8 Å². The van der Waals surface area contributed by atoms with E-state index >= 15 is 0 Å². The van der Waals surface area contributed by atoms with Crippen LogP contribution in [0.4, 0.5) is 0 Å². The molecule has 2 rings (SSSR count). The fourth-order valence-corrected chi connectivity index (χ4v) is 2.16. The molecule has 0 spiro atoms. The van der Waals surface area contributed by atoms with Crippen LogP contribution in [-0.2, 0) is 0 Å². The summed E-state index contributed by atoms with van der Waals surface area (Å²) in [6.45, 7) is 6.22. The molecule has 0 atom stereocenters. The van der Waals surface area contributed by atoms with Crippen LogP contribution in [0.1, 0.15) is 39.5 Å². The summed E-state index contributed by atoms with van der Waals surface area (Å²) in [5, 5.41) is 3.17. The van der Waals surface area contributed by atoms with E-state index in [1.807, 2.05) is 0 Å². The molecule has 3 N–H and O–H groups in total. The number of halogens is 1. The summed E-state index contributed by atoms with van der Waals surface area (Å²) < 4.78 is 0. The van der Waals surface area contributed by atoms with Gasteiger partial charge in [0.1, 0.15) is 0 Å². The molecule has 0 amide bonds. The molecule has 4 heteroatoms. The third-order valence-corrected chi connectivity index (χ3v) is 3.59. The van der Waals surface area contributed by atoms with Gasteiger partial charge in [-0.15, -0.1) is 24.0 Å². The van der Waals surface area contributed by atoms with Crippen molar-refractivity contribution in [2.24, 2.45) is 28.0 Å². The maximum Gasteiger partial charge on any atom is 0.188 e. The number of guanidine groups is 1. The molecule has 16 heavy (non-hydrogen) atoms. The summed E-state index contributed by atoms with van der Waals surface area (Å²) in [7, 11) is 0. The summed E-state index contributed by atoms with van der Waals surface area (Å²) >= 11 is 0. The van der Waals surface area contributed by atoms with E-state index in [1.165, 1.54) is 25.7 Å². The van der Waals surface area contributed by atoms with Gasteiger partial charge in [0.2, 0.25) is 0 Å². The second-order valence-electron chi connectivity index (χ2n) is 5.61. The quantitative estimate of drug-likeness (QED) is 0.460. The van der Waals surface area contributed by atoms with Gasteiger partial charge in [-0.25, -0.2) is 0 Å². The van der Waals surface area contributed by atoms with Crippen molar-refractivity contribution in [3.05, 3.63) is 0 Å². The minimum Gasteiger partial charge on any atom is -0.370 e. The number of rotatable bonds is 5. The Hall–Kier alpha value is 0. The minimum atomic E-state index is 0. The van der Waals surface area contributed by atoms with E-state index in [1.54, 1.807) is 0 Å². The molecule has 2 aliphatic carbocycles. The van der Waals surface area contributed by atoms with Gasteiger partial charge in [0.15, 0.2) is 5.96 Å². The molecule has 0 aromatic rings. The Morgan fingerprint density at radius 2 is 2.06 bits per heavy atom. The lowest BCUT2D eigenvalue weighted by atomic mass is 10.0. The van der Waals surface area contributed by atoms with Gasteiger partial charge in [-0.05, 0) is 42.9 Å². The van der Waals surface area contributed by atoms with Crippen LogP contribution >= 0.6 is 24.0 Å². The number of aliphatic imine (C=N–C) groups is 1. The van der Waals surface area contributed by atoms with Gasteiger partial charge < -0.3 is 11.1 Å². The minimum absolute atomic E-state index is 0. The molecule has 0 aromatic heterocycles. The van der Waals surface area contributed by atoms with Crippen molar-refractivity contribution in [1.29, 1.82) is 0 Å². The maximum atomic E-state index is 5.82. The van der Waals surface area contributed by atoms with Crippen molar-refractivity contribution in [2.45, 2.75) is 39.5 Å². The standard InChI is InChI=1S/C12H23N3.HI/c1-9(2)7-14-11(13)15-8-12(5-6-12)10-3-4-10;/h9-10H,3-8H2,1-2H3,(H3,13,14,15);1H. The first-order valence-electron chi connectivity index (χ1n) is 6.16. The normalized spacial score (nSPS) is 22.8. The molecule has 0 bridgehead atoms. The smallest absolute Gasteiger partial charge is 0.188 e. The summed E-state index contributed by atoms with van der Waals surface area (Å²) in [6.07, 6.45) is 5.60. The second kappa shape index (κ2) is 5.56. The molecule has 0 aliphatic heterocycles. The zero-order valence-corrected chi connectivity index (χ0v) is 12.7. The zero-order chi connectivity index (χ0) is 10.9. The highest BCUT2D eigenvalue weighted by molar-refractivity contribution is 14.0. The van der Waals surface area contributed by atoms with Crippen LogP contribution < -0.4 is 11.1 Å². The lowest BCUT2D eigenvalue weighted by Crippen LogP contribution is -2.35. The van der Waals surface area contributed by atoms with Crippen molar-refractivity contribution in [3.8, 4) is 0 Å². The lowest BCUT2D eigenvalue weighted by Gasteiger charge is -2.12. The summed E-state index contributed by atoms with van der Waals surface area (Å²) in [4.78, 5) is 4.47. The first-order valence-corrected chi connectivity index (χ1v) is 6.16. The number of nitrogens with two attached hydrogens (primary N) is 1. The summed E-state index contributed by atoms with van der Waals surface area (Å²) in [5.41, 5.74) is 6.39. The third kappa shape index (κ3) is 3.79. The molecular weight excluding hydrogens is 313 g/mol. The van der Waals surface area contributed by atoms with Crippen molar-refractivity contribution in [3.63, 3.8) is 0 Å². The van der Waals surface area contributed by atoms with E-state index in [0.29, 0.717) is 17.3 Å². The largest absolute Gasteiger partial charge is 0.370 e. The average molecular weight is 337 g/mol. The van der Waals surface area contributed by atoms with Crippen molar-refractivity contribution < 1.29 is 0 Å². The predicted octanol–water partition coefficient (Wildman–Crippen LogP) is 2.35. The monoisotopic (exact) mass is 337 g/mol. The van der Waals surface area contributed by atoms with E-state index in [-0.39, 0.29) is 24.0 Å². The Bertz CT molecular complexity index is 255. The average Bonchev–Trinajstić information content (AvgIpc) is 3.01. The first kappa shape index (κ1) is 14.1. The fraction of sp³-hybridized carbons (Fsp3) is 0.917. The van der Waals surface area contributed by atoms with Crippen LogP contribution in [0.2, 0.25) is 0 Å². The predicted molar refractivity (Wildman–Crippen MR) is 79.1 cm³/mol. The third-order valence-electron chi connectivity index (χ3n) is 3.59. The van der Waals surface area contributed by atoms with Crippen LogP contribution in [0.25, 0.3) is 0 Å². The molecule has 2 fully saturated rings. The summed E-state index contributed by atoms with van der Waals surface area (Å²) in [6, 6.07) is 0. The highest BCUT2D eigenvalue weighted by atomic mass is 127. The highest BCUT2D eigenvalue weighted by Crippen LogP contribution is 2.61. The van der Waals surface area contributed by atoms with E-state index in [0.717, 1.165) is 19.0 Å². The Labute approximate surface area is 116 Å². The Morgan fingerprint density at radius 1 is 1.44 bits per heavy atom. The molecule has 0 heterocycles. The molecule has 2 saturated carbocycles. The van der Waals surface area contributed by atoms with E-state index < -0.39 is 0 Å². The molecular formula is C12H24IN3. The number of hydrogen-bond acceptors (Lipinski definition) is 1. The van der Waals surface area contributed by atoms with Crippen LogP contribution in [0.3, 0.4) is 0 Å².